The van der Waals surface area contributed by atoms with Gasteiger partial charge >= 0.3 is 6.09 Å². The average molecular weight is 234 g/mol. The normalized spacial score (nSPS) is 46.5. The lowest BCUT2D eigenvalue weighted by atomic mass is 9.47. The van der Waals surface area contributed by atoms with Crippen LogP contribution in [-0.2, 0) is 0 Å². The zero-order valence-electron chi connectivity index (χ0n) is 9.85. The van der Waals surface area contributed by atoms with E-state index in [4.69, 9.17) is 10.4 Å². The molecule has 4 nitrogen and oxygen atoms in total. The number of carbonyl (C=O) groups is 1. The molecule has 0 aromatic carbocycles. The standard InChI is InChI=1S/C13H18N2O2/c14-2-1-13-5-8-3-9(6-13)11(15-12(16)17)10(4-8)7-13/h8-11,15H,1,3-7H2,(H,16,17). The molecule has 4 heteroatoms. The third-order valence-corrected chi connectivity index (χ3v) is 5.14. The van der Waals surface area contributed by atoms with Crippen LogP contribution in [-0.4, -0.2) is 17.2 Å². The molecule has 0 aromatic heterocycles. The first kappa shape index (κ1) is 10.9. The summed E-state index contributed by atoms with van der Waals surface area (Å²) in [6.45, 7) is 0. The van der Waals surface area contributed by atoms with Crippen LogP contribution in [0.2, 0.25) is 0 Å². The maximum Gasteiger partial charge on any atom is 0.404 e. The van der Waals surface area contributed by atoms with E-state index in [9.17, 15) is 4.79 Å². The summed E-state index contributed by atoms with van der Waals surface area (Å²) >= 11 is 0. The second kappa shape index (κ2) is 3.63. The van der Waals surface area contributed by atoms with Gasteiger partial charge in [-0.1, -0.05) is 0 Å². The maximum atomic E-state index is 10.8. The Morgan fingerprint density at radius 1 is 1.35 bits per heavy atom. The molecule has 0 aliphatic heterocycles. The molecule has 4 aliphatic rings. The van der Waals surface area contributed by atoms with Crippen molar-refractivity contribution in [2.45, 2.75) is 44.6 Å². The summed E-state index contributed by atoms with van der Waals surface area (Å²) in [6.07, 6.45) is 5.40. The van der Waals surface area contributed by atoms with E-state index < -0.39 is 6.09 Å². The highest BCUT2D eigenvalue weighted by Crippen LogP contribution is 2.61. The summed E-state index contributed by atoms with van der Waals surface area (Å²) in [5, 5.41) is 20.6. The molecule has 92 valence electrons. The van der Waals surface area contributed by atoms with Gasteiger partial charge in [0.15, 0.2) is 0 Å². The summed E-state index contributed by atoms with van der Waals surface area (Å²) in [6, 6.07) is 2.49. The molecule has 4 bridgehead atoms. The molecule has 0 aromatic rings. The van der Waals surface area contributed by atoms with E-state index in [-0.39, 0.29) is 11.5 Å². The number of carboxylic acid groups (broad SMARTS) is 1. The summed E-state index contributed by atoms with van der Waals surface area (Å²) < 4.78 is 0. The number of rotatable bonds is 2. The molecular weight excluding hydrogens is 216 g/mol. The highest BCUT2D eigenvalue weighted by molar-refractivity contribution is 5.65. The van der Waals surface area contributed by atoms with E-state index in [1.54, 1.807) is 0 Å². The van der Waals surface area contributed by atoms with Crippen LogP contribution in [0.25, 0.3) is 0 Å². The quantitative estimate of drug-likeness (QED) is 0.770. The topological polar surface area (TPSA) is 73.1 Å². The van der Waals surface area contributed by atoms with Gasteiger partial charge in [-0.15, -0.1) is 0 Å². The van der Waals surface area contributed by atoms with Crippen LogP contribution >= 0.6 is 0 Å². The van der Waals surface area contributed by atoms with Gasteiger partial charge in [-0.3, -0.25) is 0 Å². The lowest BCUT2D eigenvalue weighted by molar-refractivity contribution is -0.0720. The molecule has 4 rings (SSSR count). The Morgan fingerprint density at radius 2 is 2.00 bits per heavy atom. The van der Waals surface area contributed by atoms with Gasteiger partial charge in [0.25, 0.3) is 0 Å². The Morgan fingerprint density at radius 3 is 2.53 bits per heavy atom. The highest BCUT2D eigenvalue weighted by atomic mass is 16.4. The van der Waals surface area contributed by atoms with Crippen LogP contribution in [0.3, 0.4) is 0 Å². The van der Waals surface area contributed by atoms with Crippen LogP contribution in [0.5, 0.6) is 0 Å². The van der Waals surface area contributed by atoms with Crippen LogP contribution in [0.1, 0.15) is 38.5 Å². The molecule has 0 spiro atoms. The highest BCUT2D eigenvalue weighted by Gasteiger charge is 2.55. The Labute approximate surface area is 101 Å². The Kier molecular flexibility index (Phi) is 2.32. The molecule has 0 saturated heterocycles. The average Bonchev–Trinajstić information content (AvgIpc) is 2.22. The molecule has 2 unspecified atom stereocenters. The lowest BCUT2D eigenvalue weighted by Crippen LogP contribution is -2.59. The summed E-state index contributed by atoms with van der Waals surface area (Å²) in [5.41, 5.74) is 0.224. The van der Waals surface area contributed by atoms with E-state index >= 15 is 0 Å². The van der Waals surface area contributed by atoms with Crippen molar-refractivity contribution in [3.8, 4) is 6.07 Å². The Bertz CT molecular complexity index is 371. The number of hydrogen-bond acceptors (Lipinski definition) is 2. The first-order valence-corrected chi connectivity index (χ1v) is 6.48. The van der Waals surface area contributed by atoms with Crippen molar-refractivity contribution in [1.29, 1.82) is 5.26 Å². The molecule has 1 amide bonds. The summed E-state index contributed by atoms with van der Waals surface area (Å²) in [5.74, 6) is 1.70. The van der Waals surface area contributed by atoms with Crippen LogP contribution in [0.15, 0.2) is 0 Å². The number of amides is 1. The van der Waals surface area contributed by atoms with Gasteiger partial charge in [0.1, 0.15) is 0 Å². The third-order valence-electron chi connectivity index (χ3n) is 5.14. The molecule has 0 radical (unpaired) electrons. The second-order valence-corrected chi connectivity index (χ2v) is 6.28. The van der Waals surface area contributed by atoms with E-state index in [1.807, 2.05) is 0 Å². The third kappa shape index (κ3) is 1.69. The largest absolute Gasteiger partial charge is 0.465 e. The fraction of sp³-hybridized carbons (Fsp3) is 0.846. The van der Waals surface area contributed by atoms with Crippen molar-refractivity contribution >= 4 is 6.09 Å². The molecule has 2 atom stereocenters. The first-order chi connectivity index (χ1) is 8.12. The van der Waals surface area contributed by atoms with Crippen LogP contribution in [0, 0.1) is 34.5 Å². The lowest BCUT2D eigenvalue weighted by Gasteiger charge is -2.59. The van der Waals surface area contributed by atoms with Crippen molar-refractivity contribution < 1.29 is 9.90 Å². The summed E-state index contributed by atoms with van der Waals surface area (Å²) in [7, 11) is 0. The SMILES string of the molecule is N#CCC12CC3CC(C1)C(NC(=O)O)C(C3)C2. The van der Waals surface area contributed by atoms with Crippen molar-refractivity contribution in [1.82, 2.24) is 5.32 Å². The molecule has 0 heterocycles. The van der Waals surface area contributed by atoms with E-state index in [0.29, 0.717) is 18.3 Å². The number of hydrogen-bond donors (Lipinski definition) is 2. The van der Waals surface area contributed by atoms with Gasteiger partial charge in [0.2, 0.25) is 0 Å². The van der Waals surface area contributed by atoms with Crippen molar-refractivity contribution in [2.75, 3.05) is 0 Å². The second-order valence-electron chi connectivity index (χ2n) is 6.28. The number of nitrogens with zero attached hydrogens (tertiary/aromatic N) is 1. The van der Waals surface area contributed by atoms with Crippen LogP contribution < -0.4 is 5.32 Å². The number of nitriles is 1. The van der Waals surface area contributed by atoms with Crippen molar-refractivity contribution in [3.05, 3.63) is 0 Å². The molecular formula is C13H18N2O2. The fourth-order valence-corrected chi connectivity index (χ4v) is 4.96. The van der Waals surface area contributed by atoms with Crippen molar-refractivity contribution in [2.24, 2.45) is 23.2 Å². The maximum absolute atomic E-state index is 10.8. The Balaban J connectivity index is 1.81. The number of nitrogens with one attached hydrogen (secondary N) is 1. The minimum absolute atomic E-state index is 0.149. The minimum Gasteiger partial charge on any atom is -0.465 e. The van der Waals surface area contributed by atoms with Crippen molar-refractivity contribution in [3.63, 3.8) is 0 Å². The molecule has 4 saturated carbocycles. The zero-order chi connectivity index (χ0) is 12.0. The van der Waals surface area contributed by atoms with Gasteiger partial charge in [-0.25, -0.2) is 4.79 Å². The first-order valence-electron chi connectivity index (χ1n) is 6.48. The monoisotopic (exact) mass is 234 g/mol. The molecule has 2 N–H and O–H groups in total. The smallest absolute Gasteiger partial charge is 0.404 e. The molecule has 17 heavy (non-hydrogen) atoms. The van der Waals surface area contributed by atoms with Gasteiger partial charge < -0.3 is 10.4 Å². The predicted molar refractivity (Wildman–Crippen MR) is 61.2 cm³/mol. The fourth-order valence-electron chi connectivity index (χ4n) is 4.96. The van der Waals surface area contributed by atoms with E-state index in [2.05, 4.69) is 11.4 Å². The van der Waals surface area contributed by atoms with Gasteiger partial charge in [-0.2, -0.15) is 5.26 Å². The van der Waals surface area contributed by atoms with E-state index in [1.165, 1.54) is 6.42 Å². The Hall–Kier alpha value is -1.24. The predicted octanol–water partition coefficient (Wildman–Crippen LogP) is 2.36. The molecule has 4 fully saturated rings. The summed E-state index contributed by atoms with van der Waals surface area (Å²) in [4.78, 5) is 10.8. The minimum atomic E-state index is -0.892. The van der Waals surface area contributed by atoms with Gasteiger partial charge in [-0.05, 0) is 55.3 Å². The van der Waals surface area contributed by atoms with Gasteiger partial charge in [0.05, 0.1) is 6.07 Å². The molecule has 4 aliphatic carbocycles. The van der Waals surface area contributed by atoms with Crippen LogP contribution in [0.4, 0.5) is 4.79 Å². The van der Waals surface area contributed by atoms with E-state index in [0.717, 1.165) is 31.6 Å². The zero-order valence-corrected chi connectivity index (χ0v) is 9.85. The van der Waals surface area contributed by atoms with Gasteiger partial charge in [0, 0.05) is 12.5 Å².